The molecular weight excluding hydrogens is 255 g/mol. The van der Waals surface area contributed by atoms with E-state index in [9.17, 15) is 13.2 Å². The van der Waals surface area contributed by atoms with Crippen LogP contribution in [0.5, 0.6) is 0 Å². The summed E-state index contributed by atoms with van der Waals surface area (Å²) in [6.07, 6.45) is 5.91. The molecule has 19 heavy (non-hydrogen) atoms. The van der Waals surface area contributed by atoms with E-state index >= 15 is 0 Å². The Kier molecular flexibility index (Phi) is 12.5. The highest BCUT2D eigenvalue weighted by atomic mass is 19.4. The summed E-state index contributed by atoms with van der Waals surface area (Å²) in [5.41, 5.74) is 0. The first-order chi connectivity index (χ1) is 9.06. The quantitative estimate of drug-likeness (QED) is 0.509. The van der Waals surface area contributed by atoms with Crippen LogP contribution in [0.25, 0.3) is 0 Å². The smallest absolute Gasteiger partial charge is 0.371 e. The lowest BCUT2D eigenvalue weighted by atomic mass is 10.1. The van der Waals surface area contributed by atoms with Crippen LogP contribution in [0.1, 0.15) is 58.3 Å². The molecule has 0 amide bonds. The van der Waals surface area contributed by atoms with Gasteiger partial charge in [0.1, 0.15) is 6.61 Å². The van der Waals surface area contributed by atoms with E-state index in [1.54, 1.807) is 0 Å². The molecule has 2 nitrogen and oxygen atoms in total. The third-order valence-corrected chi connectivity index (χ3v) is 2.90. The van der Waals surface area contributed by atoms with Gasteiger partial charge in [0.2, 0.25) is 0 Å². The number of rotatable bonds is 13. The van der Waals surface area contributed by atoms with Crippen LogP contribution in [0.15, 0.2) is 0 Å². The van der Waals surface area contributed by atoms with Crippen molar-refractivity contribution in [1.82, 2.24) is 5.32 Å². The lowest BCUT2D eigenvalue weighted by molar-refractivity contribution is -0.173. The minimum absolute atomic E-state index is 0.122. The number of halogens is 3. The maximum absolute atomic E-state index is 11.7. The minimum atomic E-state index is -4.21. The zero-order chi connectivity index (χ0) is 14.4. The normalized spacial score (nSPS) is 12.0. The van der Waals surface area contributed by atoms with Gasteiger partial charge in [0, 0.05) is 6.54 Å². The molecule has 0 aliphatic carbocycles. The van der Waals surface area contributed by atoms with E-state index in [0.717, 1.165) is 13.0 Å². The van der Waals surface area contributed by atoms with Crippen molar-refractivity contribution in [2.24, 2.45) is 0 Å². The number of hydrogen-bond donors (Lipinski definition) is 1. The Morgan fingerprint density at radius 1 is 0.842 bits per heavy atom. The Bertz CT molecular complexity index is 186. The van der Waals surface area contributed by atoms with E-state index in [0.29, 0.717) is 6.54 Å². The number of nitrogens with one attached hydrogen (secondary N) is 1. The first-order valence-electron chi connectivity index (χ1n) is 7.41. The molecule has 0 aliphatic heterocycles. The summed E-state index contributed by atoms with van der Waals surface area (Å²) in [5.74, 6) is 0. The lowest BCUT2D eigenvalue weighted by Crippen LogP contribution is -2.24. The maximum atomic E-state index is 11.7. The van der Waals surface area contributed by atoms with E-state index in [4.69, 9.17) is 0 Å². The number of alkyl halides is 3. The first kappa shape index (κ1) is 18.7. The predicted octanol–water partition coefficient (Wildman–Crippen LogP) is 4.30. The fourth-order valence-electron chi connectivity index (χ4n) is 1.84. The van der Waals surface area contributed by atoms with E-state index in [1.807, 2.05) is 0 Å². The molecule has 5 heteroatoms. The number of unbranched alkanes of at least 4 members (excludes halogenated alkanes) is 7. The summed E-state index contributed by atoms with van der Waals surface area (Å²) in [4.78, 5) is 0. The molecule has 0 unspecified atom stereocenters. The highest BCUT2D eigenvalue weighted by molar-refractivity contribution is 4.51. The van der Waals surface area contributed by atoms with E-state index < -0.39 is 12.8 Å². The predicted molar refractivity (Wildman–Crippen MR) is 72.4 cm³/mol. The van der Waals surface area contributed by atoms with Gasteiger partial charge in [-0.25, -0.2) is 0 Å². The van der Waals surface area contributed by atoms with Gasteiger partial charge in [0.25, 0.3) is 0 Å². The molecule has 0 fully saturated rings. The Morgan fingerprint density at radius 3 is 2.00 bits per heavy atom. The fourth-order valence-corrected chi connectivity index (χ4v) is 1.84. The summed E-state index contributed by atoms with van der Waals surface area (Å²) in [6.45, 7) is 2.55. The van der Waals surface area contributed by atoms with Crippen LogP contribution in [0.4, 0.5) is 13.2 Å². The Morgan fingerprint density at radius 2 is 1.42 bits per heavy atom. The second-order valence-corrected chi connectivity index (χ2v) is 4.89. The van der Waals surface area contributed by atoms with Gasteiger partial charge in [0.05, 0.1) is 6.61 Å². The highest BCUT2D eigenvalue weighted by Gasteiger charge is 2.27. The second kappa shape index (κ2) is 12.7. The fraction of sp³-hybridized carbons (Fsp3) is 1.00. The second-order valence-electron chi connectivity index (χ2n) is 4.89. The molecule has 0 spiro atoms. The molecule has 0 saturated carbocycles. The number of ether oxygens (including phenoxy) is 1. The van der Waals surface area contributed by atoms with Crippen molar-refractivity contribution in [2.45, 2.75) is 64.5 Å². The topological polar surface area (TPSA) is 21.3 Å². The van der Waals surface area contributed by atoms with E-state index in [2.05, 4.69) is 17.0 Å². The summed E-state index contributed by atoms with van der Waals surface area (Å²) in [5, 5.41) is 3.09. The molecular formula is C14H28F3NO. The molecule has 0 aromatic carbocycles. The largest absolute Gasteiger partial charge is 0.411 e. The molecule has 0 aromatic heterocycles. The highest BCUT2D eigenvalue weighted by Crippen LogP contribution is 2.13. The molecule has 0 saturated heterocycles. The maximum Gasteiger partial charge on any atom is 0.411 e. The van der Waals surface area contributed by atoms with Gasteiger partial charge in [0.15, 0.2) is 0 Å². The van der Waals surface area contributed by atoms with Crippen LogP contribution in [0.2, 0.25) is 0 Å². The van der Waals surface area contributed by atoms with Crippen molar-refractivity contribution in [3.63, 3.8) is 0 Å². The lowest BCUT2D eigenvalue weighted by Gasteiger charge is -2.08. The average Bonchev–Trinajstić information content (AvgIpc) is 2.34. The summed E-state index contributed by atoms with van der Waals surface area (Å²) in [7, 11) is 0. The Labute approximate surface area is 115 Å². The van der Waals surface area contributed by atoms with Crippen molar-refractivity contribution in [2.75, 3.05) is 26.3 Å². The standard InChI is InChI=1S/C14H28F3NO/c1-2-3-4-5-6-7-8-9-10-18-11-12-19-13-14(15,16)17/h18H,2-13H2,1H3. The zero-order valence-electron chi connectivity index (χ0n) is 12.0. The molecule has 116 valence electrons. The number of hydrogen-bond acceptors (Lipinski definition) is 2. The van der Waals surface area contributed by atoms with Crippen LogP contribution in [-0.4, -0.2) is 32.5 Å². The van der Waals surface area contributed by atoms with Gasteiger partial charge >= 0.3 is 6.18 Å². The van der Waals surface area contributed by atoms with E-state index in [-0.39, 0.29) is 6.61 Å². The van der Waals surface area contributed by atoms with Crippen LogP contribution in [-0.2, 0) is 4.74 Å². The third-order valence-electron chi connectivity index (χ3n) is 2.90. The van der Waals surface area contributed by atoms with Gasteiger partial charge < -0.3 is 10.1 Å². The van der Waals surface area contributed by atoms with Crippen LogP contribution in [0.3, 0.4) is 0 Å². The monoisotopic (exact) mass is 283 g/mol. The van der Waals surface area contributed by atoms with Crippen molar-refractivity contribution in [1.29, 1.82) is 0 Å². The Balaban J connectivity index is 2.99. The summed E-state index contributed by atoms with van der Waals surface area (Å²) < 4.78 is 39.7. The molecule has 0 rings (SSSR count). The third kappa shape index (κ3) is 17.7. The summed E-state index contributed by atoms with van der Waals surface area (Å²) >= 11 is 0. The van der Waals surface area contributed by atoms with Crippen LogP contribution in [0, 0.1) is 0 Å². The van der Waals surface area contributed by atoms with Crippen LogP contribution < -0.4 is 5.32 Å². The molecule has 1 N–H and O–H groups in total. The van der Waals surface area contributed by atoms with E-state index in [1.165, 1.54) is 44.9 Å². The van der Waals surface area contributed by atoms with Crippen LogP contribution >= 0.6 is 0 Å². The van der Waals surface area contributed by atoms with Crippen molar-refractivity contribution in [3.8, 4) is 0 Å². The molecule has 0 radical (unpaired) electrons. The van der Waals surface area contributed by atoms with Crippen molar-refractivity contribution in [3.05, 3.63) is 0 Å². The van der Waals surface area contributed by atoms with Gasteiger partial charge in [-0.1, -0.05) is 51.9 Å². The summed E-state index contributed by atoms with van der Waals surface area (Å²) in [6, 6.07) is 0. The van der Waals surface area contributed by atoms with Gasteiger partial charge in [-0.2, -0.15) is 13.2 Å². The average molecular weight is 283 g/mol. The van der Waals surface area contributed by atoms with Gasteiger partial charge in [-0.3, -0.25) is 0 Å². The Hall–Kier alpha value is -0.290. The van der Waals surface area contributed by atoms with Gasteiger partial charge in [-0.15, -0.1) is 0 Å². The van der Waals surface area contributed by atoms with Crippen molar-refractivity contribution < 1.29 is 17.9 Å². The zero-order valence-corrected chi connectivity index (χ0v) is 12.0. The molecule has 0 heterocycles. The molecule has 0 atom stereocenters. The molecule has 0 bridgehead atoms. The minimum Gasteiger partial charge on any atom is -0.371 e. The SMILES string of the molecule is CCCCCCCCCCNCCOCC(F)(F)F. The molecule has 0 aromatic rings. The first-order valence-corrected chi connectivity index (χ1v) is 7.41. The van der Waals surface area contributed by atoms with Crippen molar-refractivity contribution >= 4 is 0 Å². The van der Waals surface area contributed by atoms with Gasteiger partial charge in [-0.05, 0) is 13.0 Å². The molecule has 0 aliphatic rings.